The van der Waals surface area contributed by atoms with Crippen LogP contribution in [0.1, 0.15) is 50.3 Å². The van der Waals surface area contributed by atoms with Crippen LogP contribution in [0.2, 0.25) is 0 Å². The van der Waals surface area contributed by atoms with Crippen molar-refractivity contribution >= 4 is 5.97 Å². The predicted octanol–water partition coefficient (Wildman–Crippen LogP) is 3.91. The van der Waals surface area contributed by atoms with Gasteiger partial charge in [0.2, 0.25) is 0 Å². The molecule has 4 rings (SSSR count). The molecular formula is C19H19FN2O2. The molecule has 0 saturated heterocycles. The third kappa shape index (κ3) is 1.81. The molecule has 124 valence electrons. The molecule has 1 fully saturated rings. The van der Waals surface area contributed by atoms with Crippen LogP contribution in [-0.2, 0) is 10.2 Å². The summed E-state index contributed by atoms with van der Waals surface area (Å²) in [4.78, 5) is 11.5. The van der Waals surface area contributed by atoms with E-state index in [2.05, 4.69) is 24.0 Å². The maximum absolute atomic E-state index is 14.1. The van der Waals surface area contributed by atoms with E-state index < -0.39 is 11.4 Å². The van der Waals surface area contributed by atoms with Crippen LogP contribution < -0.4 is 0 Å². The Kier molecular flexibility index (Phi) is 3.08. The zero-order chi connectivity index (χ0) is 17.1. The zero-order valence-corrected chi connectivity index (χ0v) is 13.7. The second-order valence-electron chi connectivity index (χ2n) is 7.48. The topological polar surface area (TPSA) is 63.1 Å². The summed E-state index contributed by atoms with van der Waals surface area (Å²) in [5, 5.41) is 18.1. The highest BCUT2D eigenvalue weighted by atomic mass is 19.1. The van der Waals surface area contributed by atoms with Gasteiger partial charge in [-0.1, -0.05) is 26.0 Å². The molecule has 1 aromatic heterocycles. The standard InChI is InChI=1S/C19H19FN2O2/c1-18(2)13-7-8-19(18,10-16(23)24)17-12(13)9-15(21-22-17)11-5-3-4-6-14(11)20/h3-6,9,13H,7-8,10H2,1-2H3,(H,23,24). The zero-order valence-electron chi connectivity index (χ0n) is 13.7. The average Bonchev–Trinajstić information content (AvgIpc) is 2.88. The smallest absolute Gasteiger partial charge is 0.304 e. The quantitative estimate of drug-likeness (QED) is 0.929. The predicted molar refractivity (Wildman–Crippen MR) is 87.1 cm³/mol. The first-order valence-corrected chi connectivity index (χ1v) is 8.21. The van der Waals surface area contributed by atoms with Crippen LogP contribution in [-0.4, -0.2) is 21.3 Å². The Balaban J connectivity index is 1.88. The Morgan fingerprint density at radius 3 is 2.79 bits per heavy atom. The molecule has 2 unspecified atom stereocenters. The van der Waals surface area contributed by atoms with E-state index in [1.54, 1.807) is 18.2 Å². The van der Waals surface area contributed by atoms with E-state index in [0.717, 1.165) is 24.1 Å². The lowest BCUT2D eigenvalue weighted by molar-refractivity contribution is -0.139. The summed E-state index contributed by atoms with van der Waals surface area (Å²) >= 11 is 0. The van der Waals surface area contributed by atoms with Gasteiger partial charge in [-0.05, 0) is 47.9 Å². The minimum absolute atomic E-state index is 0.0667. The van der Waals surface area contributed by atoms with Crippen LogP contribution in [0, 0.1) is 11.2 Å². The molecule has 1 aromatic carbocycles. The third-order valence-corrected chi connectivity index (χ3v) is 6.22. The summed E-state index contributed by atoms with van der Waals surface area (Å²) in [5.41, 5.74) is 2.13. The molecule has 1 N–H and O–H groups in total. The van der Waals surface area contributed by atoms with Gasteiger partial charge in [-0.25, -0.2) is 4.39 Å². The number of hydrogen-bond donors (Lipinski definition) is 1. The van der Waals surface area contributed by atoms with E-state index >= 15 is 0 Å². The van der Waals surface area contributed by atoms with E-state index in [0.29, 0.717) is 11.3 Å². The highest BCUT2D eigenvalue weighted by Crippen LogP contribution is 2.68. The summed E-state index contributed by atoms with van der Waals surface area (Å²) < 4.78 is 14.1. The molecule has 0 radical (unpaired) electrons. The highest BCUT2D eigenvalue weighted by molar-refractivity contribution is 5.71. The molecule has 1 heterocycles. The molecule has 0 amide bonds. The molecule has 5 heteroatoms. The first-order valence-electron chi connectivity index (χ1n) is 8.21. The van der Waals surface area contributed by atoms with Crippen molar-refractivity contribution in [2.75, 3.05) is 0 Å². The number of hydrogen-bond acceptors (Lipinski definition) is 3. The average molecular weight is 326 g/mol. The lowest BCUT2D eigenvalue weighted by Crippen LogP contribution is -2.37. The second kappa shape index (κ2) is 4.85. The normalized spacial score (nSPS) is 26.4. The first kappa shape index (κ1) is 15.2. The van der Waals surface area contributed by atoms with Crippen LogP contribution in [0.25, 0.3) is 11.3 Å². The van der Waals surface area contributed by atoms with Crippen LogP contribution in [0.15, 0.2) is 30.3 Å². The van der Waals surface area contributed by atoms with Crippen molar-refractivity contribution in [3.8, 4) is 11.3 Å². The summed E-state index contributed by atoms with van der Waals surface area (Å²) in [7, 11) is 0. The van der Waals surface area contributed by atoms with Gasteiger partial charge in [0.1, 0.15) is 5.82 Å². The molecule has 2 aliphatic carbocycles. The van der Waals surface area contributed by atoms with Gasteiger partial charge < -0.3 is 5.11 Å². The summed E-state index contributed by atoms with van der Waals surface area (Å²) in [5.74, 6) is -0.890. The van der Waals surface area contributed by atoms with Crippen molar-refractivity contribution in [1.29, 1.82) is 0 Å². The van der Waals surface area contributed by atoms with Gasteiger partial charge in [-0.15, -0.1) is 0 Å². The SMILES string of the molecule is CC1(C)C2CCC1(CC(=O)O)c1nnc(-c3ccccc3F)cc12. The van der Waals surface area contributed by atoms with Gasteiger partial charge in [0, 0.05) is 11.0 Å². The number of fused-ring (bicyclic) bond motifs is 5. The van der Waals surface area contributed by atoms with Crippen molar-refractivity contribution < 1.29 is 14.3 Å². The van der Waals surface area contributed by atoms with Crippen molar-refractivity contribution in [3.05, 3.63) is 47.4 Å². The number of nitrogens with zero attached hydrogens (tertiary/aromatic N) is 2. The van der Waals surface area contributed by atoms with E-state index in [1.165, 1.54) is 6.07 Å². The molecule has 4 nitrogen and oxygen atoms in total. The van der Waals surface area contributed by atoms with Crippen molar-refractivity contribution in [1.82, 2.24) is 10.2 Å². The fraction of sp³-hybridized carbons (Fsp3) is 0.421. The number of rotatable bonds is 3. The van der Waals surface area contributed by atoms with Gasteiger partial charge in [-0.2, -0.15) is 10.2 Å². The third-order valence-electron chi connectivity index (χ3n) is 6.22. The van der Waals surface area contributed by atoms with Crippen molar-refractivity contribution in [2.24, 2.45) is 5.41 Å². The lowest BCUT2D eigenvalue weighted by Gasteiger charge is -2.36. The van der Waals surface area contributed by atoms with E-state index in [1.807, 2.05) is 6.07 Å². The van der Waals surface area contributed by atoms with Crippen LogP contribution in [0.4, 0.5) is 4.39 Å². The number of carboxylic acids is 1. The van der Waals surface area contributed by atoms with Crippen LogP contribution in [0.5, 0.6) is 0 Å². The Bertz CT molecular complexity index is 849. The van der Waals surface area contributed by atoms with Gasteiger partial charge >= 0.3 is 5.97 Å². The van der Waals surface area contributed by atoms with Gasteiger partial charge in [0.15, 0.2) is 0 Å². The van der Waals surface area contributed by atoms with Crippen molar-refractivity contribution in [3.63, 3.8) is 0 Å². The van der Waals surface area contributed by atoms with Crippen LogP contribution >= 0.6 is 0 Å². The Labute approximate surface area is 139 Å². The van der Waals surface area contributed by atoms with E-state index in [4.69, 9.17) is 0 Å². The number of carbonyl (C=O) groups is 1. The molecule has 2 aromatic rings. The highest BCUT2D eigenvalue weighted by Gasteiger charge is 2.63. The van der Waals surface area contributed by atoms with Gasteiger partial charge in [0.25, 0.3) is 0 Å². The van der Waals surface area contributed by atoms with E-state index in [-0.39, 0.29) is 23.6 Å². The molecule has 0 spiro atoms. The number of aromatic nitrogens is 2. The lowest BCUT2D eigenvalue weighted by atomic mass is 9.66. The van der Waals surface area contributed by atoms with Gasteiger partial charge in [0.05, 0.1) is 17.8 Å². The molecule has 24 heavy (non-hydrogen) atoms. The molecule has 1 saturated carbocycles. The monoisotopic (exact) mass is 326 g/mol. The number of aliphatic carboxylic acids is 1. The minimum Gasteiger partial charge on any atom is -0.481 e. The minimum atomic E-state index is -0.809. The largest absolute Gasteiger partial charge is 0.481 e. The first-order chi connectivity index (χ1) is 11.4. The Hall–Kier alpha value is -2.30. The number of carboxylic acid groups (broad SMARTS) is 1. The fourth-order valence-electron chi connectivity index (χ4n) is 4.88. The fourth-order valence-corrected chi connectivity index (χ4v) is 4.88. The Morgan fingerprint density at radius 1 is 1.33 bits per heavy atom. The molecule has 2 bridgehead atoms. The van der Waals surface area contributed by atoms with Gasteiger partial charge in [-0.3, -0.25) is 4.79 Å². The molecule has 0 aliphatic heterocycles. The second-order valence-corrected chi connectivity index (χ2v) is 7.48. The van der Waals surface area contributed by atoms with Crippen molar-refractivity contribution in [2.45, 2.75) is 44.4 Å². The summed E-state index contributed by atoms with van der Waals surface area (Å²) in [6.07, 6.45) is 1.82. The summed E-state index contributed by atoms with van der Waals surface area (Å²) in [6.45, 7) is 4.25. The molecule has 2 aliphatic rings. The maximum Gasteiger partial charge on any atom is 0.304 e. The molecule has 2 atom stereocenters. The number of benzene rings is 1. The van der Waals surface area contributed by atoms with E-state index in [9.17, 15) is 14.3 Å². The summed E-state index contributed by atoms with van der Waals surface area (Å²) in [6, 6.07) is 8.43. The number of halogens is 1. The van der Waals surface area contributed by atoms with Crippen LogP contribution in [0.3, 0.4) is 0 Å². The molecular weight excluding hydrogens is 307 g/mol. The maximum atomic E-state index is 14.1. The Morgan fingerprint density at radius 2 is 2.08 bits per heavy atom.